The SMILES string of the molecule is CN=C(NCCCCC(=O)OC)NCC(C)Cc1cccs1. The van der Waals surface area contributed by atoms with Gasteiger partial charge in [-0.3, -0.25) is 9.79 Å². The van der Waals surface area contributed by atoms with Crippen molar-refractivity contribution in [3.8, 4) is 0 Å². The van der Waals surface area contributed by atoms with Gasteiger partial charge in [0, 0.05) is 31.4 Å². The maximum atomic E-state index is 11.0. The molecule has 0 spiro atoms. The van der Waals surface area contributed by atoms with Crippen LogP contribution >= 0.6 is 11.3 Å². The van der Waals surface area contributed by atoms with Gasteiger partial charge in [0.2, 0.25) is 0 Å². The summed E-state index contributed by atoms with van der Waals surface area (Å²) in [6, 6.07) is 4.27. The Balaban J connectivity index is 2.13. The lowest BCUT2D eigenvalue weighted by Gasteiger charge is -2.15. The van der Waals surface area contributed by atoms with Crippen LogP contribution in [0.5, 0.6) is 0 Å². The Labute approximate surface area is 137 Å². The van der Waals surface area contributed by atoms with E-state index in [1.807, 2.05) is 0 Å². The molecule has 1 aromatic rings. The number of nitrogens with one attached hydrogen (secondary N) is 2. The van der Waals surface area contributed by atoms with E-state index in [4.69, 9.17) is 0 Å². The zero-order valence-corrected chi connectivity index (χ0v) is 14.5. The van der Waals surface area contributed by atoms with E-state index in [1.165, 1.54) is 12.0 Å². The number of rotatable bonds is 9. The molecule has 0 saturated carbocycles. The van der Waals surface area contributed by atoms with E-state index in [0.717, 1.165) is 38.3 Å². The van der Waals surface area contributed by atoms with Crippen LogP contribution < -0.4 is 10.6 Å². The van der Waals surface area contributed by atoms with Gasteiger partial charge in [-0.25, -0.2) is 0 Å². The third-order valence-electron chi connectivity index (χ3n) is 3.30. The number of guanidine groups is 1. The smallest absolute Gasteiger partial charge is 0.305 e. The van der Waals surface area contributed by atoms with E-state index in [1.54, 1.807) is 18.4 Å². The van der Waals surface area contributed by atoms with Crippen LogP contribution in [0, 0.1) is 5.92 Å². The fourth-order valence-electron chi connectivity index (χ4n) is 2.04. The fraction of sp³-hybridized carbons (Fsp3) is 0.625. The van der Waals surface area contributed by atoms with Gasteiger partial charge in [-0.15, -0.1) is 11.3 Å². The predicted molar refractivity (Wildman–Crippen MR) is 92.4 cm³/mol. The molecule has 0 radical (unpaired) electrons. The first-order valence-electron chi connectivity index (χ1n) is 7.69. The first kappa shape index (κ1) is 18.5. The van der Waals surface area contributed by atoms with Crippen LogP contribution in [0.3, 0.4) is 0 Å². The molecule has 0 amide bonds. The third-order valence-corrected chi connectivity index (χ3v) is 4.20. The lowest BCUT2D eigenvalue weighted by Crippen LogP contribution is -2.40. The summed E-state index contributed by atoms with van der Waals surface area (Å²) >= 11 is 1.80. The Morgan fingerprint density at radius 2 is 2.23 bits per heavy atom. The van der Waals surface area contributed by atoms with Crippen molar-refractivity contribution in [2.75, 3.05) is 27.2 Å². The molecule has 0 aliphatic heterocycles. The molecule has 1 atom stereocenters. The number of ether oxygens (including phenoxy) is 1. The lowest BCUT2D eigenvalue weighted by atomic mass is 10.1. The van der Waals surface area contributed by atoms with Crippen molar-refractivity contribution in [1.82, 2.24) is 10.6 Å². The second-order valence-corrected chi connectivity index (χ2v) is 6.33. The number of thiophene rings is 1. The van der Waals surface area contributed by atoms with Gasteiger partial charge in [0.15, 0.2) is 5.96 Å². The van der Waals surface area contributed by atoms with Gasteiger partial charge in [-0.1, -0.05) is 13.0 Å². The number of aliphatic imine (C=N–C) groups is 1. The van der Waals surface area contributed by atoms with Crippen LogP contribution in [0.15, 0.2) is 22.5 Å². The molecule has 1 heterocycles. The fourth-order valence-corrected chi connectivity index (χ4v) is 2.91. The Bertz CT molecular complexity index is 446. The highest BCUT2D eigenvalue weighted by Crippen LogP contribution is 2.13. The Morgan fingerprint density at radius 1 is 1.41 bits per heavy atom. The van der Waals surface area contributed by atoms with Gasteiger partial charge in [-0.2, -0.15) is 0 Å². The minimum atomic E-state index is -0.148. The number of unbranched alkanes of at least 4 members (excludes halogenated alkanes) is 1. The number of carbonyl (C=O) groups excluding carboxylic acids is 1. The predicted octanol–water partition coefficient (Wildman–Crippen LogP) is 2.43. The van der Waals surface area contributed by atoms with Crippen molar-refractivity contribution >= 4 is 23.3 Å². The van der Waals surface area contributed by atoms with Gasteiger partial charge >= 0.3 is 5.97 Å². The van der Waals surface area contributed by atoms with Gasteiger partial charge in [0.25, 0.3) is 0 Å². The molecule has 1 unspecified atom stereocenters. The molecule has 0 bridgehead atoms. The summed E-state index contributed by atoms with van der Waals surface area (Å²) in [4.78, 5) is 16.6. The number of hydrogen-bond acceptors (Lipinski definition) is 4. The molecule has 6 heteroatoms. The number of nitrogens with zero attached hydrogens (tertiary/aromatic N) is 1. The summed E-state index contributed by atoms with van der Waals surface area (Å²) in [6.45, 7) is 3.92. The summed E-state index contributed by atoms with van der Waals surface area (Å²) in [6.07, 6.45) is 3.30. The third kappa shape index (κ3) is 8.02. The molecule has 22 heavy (non-hydrogen) atoms. The largest absolute Gasteiger partial charge is 0.469 e. The van der Waals surface area contributed by atoms with Crippen molar-refractivity contribution in [1.29, 1.82) is 0 Å². The van der Waals surface area contributed by atoms with Gasteiger partial charge in [-0.05, 0) is 36.6 Å². The summed E-state index contributed by atoms with van der Waals surface area (Å²) in [7, 11) is 3.19. The number of esters is 1. The topological polar surface area (TPSA) is 62.7 Å². The van der Waals surface area contributed by atoms with Crippen LogP contribution in [-0.4, -0.2) is 39.2 Å². The Hall–Kier alpha value is -1.56. The number of methoxy groups -OCH3 is 1. The van der Waals surface area contributed by atoms with E-state index in [9.17, 15) is 4.79 Å². The standard InChI is InChI=1S/C16H27N3O2S/c1-13(11-14-7-6-10-22-14)12-19-16(17-2)18-9-5-4-8-15(20)21-3/h6-7,10,13H,4-5,8-9,11-12H2,1-3H3,(H2,17,18,19). The van der Waals surface area contributed by atoms with E-state index in [2.05, 4.69) is 44.8 Å². The monoisotopic (exact) mass is 325 g/mol. The first-order chi connectivity index (χ1) is 10.7. The van der Waals surface area contributed by atoms with Crippen LogP contribution in [-0.2, 0) is 16.0 Å². The van der Waals surface area contributed by atoms with E-state index < -0.39 is 0 Å². The van der Waals surface area contributed by atoms with Crippen LogP contribution in [0.1, 0.15) is 31.1 Å². The highest BCUT2D eigenvalue weighted by atomic mass is 32.1. The van der Waals surface area contributed by atoms with Gasteiger partial charge in [0.05, 0.1) is 7.11 Å². The molecule has 2 N–H and O–H groups in total. The van der Waals surface area contributed by atoms with Crippen LogP contribution in [0.25, 0.3) is 0 Å². The molecule has 0 aliphatic rings. The second-order valence-electron chi connectivity index (χ2n) is 5.30. The highest BCUT2D eigenvalue weighted by Gasteiger charge is 2.06. The lowest BCUT2D eigenvalue weighted by molar-refractivity contribution is -0.140. The van der Waals surface area contributed by atoms with Crippen molar-refractivity contribution in [2.45, 2.75) is 32.6 Å². The van der Waals surface area contributed by atoms with Crippen LogP contribution in [0.2, 0.25) is 0 Å². The summed E-state index contributed by atoms with van der Waals surface area (Å²) in [5.74, 6) is 1.22. The molecular formula is C16H27N3O2S. The Morgan fingerprint density at radius 3 is 2.86 bits per heavy atom. The normalized spacial score (nSPS) is 12.8. The van der Waals surface area contributed by atoms with Crippen molar-refractivity contribution in [3.05, 3.63) is 22.4 Å². The van der Waals surface area contributed by atoms with E-state index in [-0.39, 0.29) is 5.97 Å². The number of hydrogen-bond donors (Lipinski definition) is 2. The number of carbonyl (C=O) groups is 1. The Kier molecular flexibility index (Phi) is 9.30. The van der Waals surface area contributed by atoms with Crippen molar-refractivity contribution in [2.24, 2.45) is 10.9 Å². The summed E-state index contributed by atoms with van der Waals surface area (Å²) in [5, 5.41) is 8.72. The minimum absolute atomic E-state index is 0.148. The summed E-state index contributed by atoms with van der Waals surface area (Å²) < 4.78 is 4.61. The quantitative estimate of drug-likeness (QED) is 0.317. The second kappa shape index (κ2) is 11.1. The van der Waals surface area contributed by atoms with E-state index >= 15 is 0 Å². The zero-order valence-electron chi connectivity index (χ0n) is 13.7. The molecule has 0 saturated heterocycles. The van der Waals surface area contributed by atoms with Gasteiger partial charge in [0.1, 0.15) is 0 Å². The molecule has 1 aromatic heterocycles. The molecular weight excluding hydrogens is 298 g/mol. The van der Waals surface area contributed by atoms with Crippen molar-refractivity contribution < 1.29 is 9.53 Å². The summed E-state index contributed by atoms with van der Waals surface area (Å²) in [5.41, 5.74) is 0. The maximum absolute atomic E-state index is 11.0. The van der Waals surface area contributed by atoms with Crippen LogP contribution in [0.4, 0.5) is 0 Å². The molecule has 5 nitrogen and oxygen atoms in total. The highest BCUT2D eigenvalue weighted by molar-refractivity contribution is 7.09. The van der Waals surface area contributed by atoms with Crippen molar-refractivity contribution in [3.63, 3.8) is 0 Å². The molecule has 0 fully saturated rings. The molecule has 0 aromatic carbocycles. The zero-order chi connectivity index (χ0) is 16.2. The molecule has 0 aliphatic carbocycles. The first-order valence-corrected chi connectivity index (χ1v) is 8.57. The van der Waals surface area contributed by atoms with E-state index in [0.29, 0.717) is 12.3 Å². The molecule has 124 valence electrons. The molecule has 1 rings (SSSR count). The average molecular weight is 325 g/mol. The van der Waals surface area contributed by atoms with Gasteiger partial charge < -0.3 is 15.4 Å². The maximum Gasteiger partial charge on any atom is 0.305 e. The average Bonchev–Trinajstić information content (AvgIpc) is 3.02. The minimum Gasteiger partial charge on any atom is -0.469 e.